The lowest BCUT2D eigenvalue weighted by atomic mass is 10.1. The topological polar surface area (TPSA) is 185 Å². The van der Waals surface area contributed by atoms with Gasteiger partial charge in [-0.3, -0.25) is 19.6 Å². The minimum absolute atomic E-state index is 0.0274. The third-order valence-corrected chi connectivity index (χ3v) is 4.61. The van der Waals surface area contributed by atoms with Gasteiger partial charge in [0.15, 0.2) is 12.2 Å². The smallest absolute Gasteiger partial charge is 0.341 e. The van der Waals surface area contributed by atoms with Crippen molar-refractivity contribution < 1.29 is 43.8 Å². The number of anilines is 1. The average molecular weight is 484 g/mol. The highest BCUT2D eigenvalue weighted by atomic mass is 19.1. The second kappa shape index (κ2) is 14.4. The van der Waals surface area contributed by atoms with Gasteiger partial charge in [-0.25, -0.2) is 14.0 Å². The molecule has 0 aliphatic carbocycles. The highest BCUT2D eigenvalue weighted by Crippen LogP contribution is 2.11. The number of urea groups is 1. The van der Waals surface area contributed by atoms with Crippen LogP contribution in [0.3, 0.4) is 0 Å². The Morgan fingerprint density at radius 3 is 2.09 bits per heavy atom. The van der Waals surface area contributed by atoms with Crippen molar-refractivity contribution in [2.45, 2.75) is 51.2 Å². The molecule has 0 aliphatic rings. The van der Waals surface area contributed by atoms with E-state index in [1.165, 1.54) is 24.3 Å². The number of aliphatic carboxylic acids is 2. The molecule has 0 radical (unpaired) electrons. The number of rotatable bonds is 14. The standard InChI is InChI=1S/C21H29FN4O8/c1-13(22)18(29)25-15-7-5-14(6-8-15)19(30)23-11-3-2-4-12-24-21(33)26(34)16(20(31)32)9-10-17(27)28/h5-8,13,16,34H,2-4,9-12H2,1H3,(H,23,30)(H,24,33)(H,25,29)(H,27,28)(H,31,32). The summed E-state index contributed by atoms with van der Waals surface area (Å²) in [4.78, 5) is 56.9. The van der Waals surface area contributed by atoms with Gasteiger partial charge in [0.25, 0.3) is 11.8 Å². The van der Waals surface area contributed by atoms with E-state index in [0.717, 1.165) is 6.92 Å². The van der Waals surface area contributed by atoms with Gasteiger partial charge >= 0.3 is 18.0 Å². The Balaban J connectivity index is 2.27. The van der Waals surface area contributed by atoms with Crippen molar-refractivity contribution in [3.63, 3.8) is 0 Å². The van der Waals surface area contributed by atoms with E-state index < -0.39 is 48.9 Å². The number of amides is 4. The summed E-state index contributed by atoms with van der Waals surface area (Å²) in [6, 6.07) is 3.23. The minimum atomic E-state index is -1.68. The quantitative estimate of drug-likeness (QED) is 0.131. The summed E-state index contributed by atoms with van der Waals surface area (Å²) >= 11 is 0. The number of carbonyl (C=O) groups excluding carboxylic acids is 3. The van der Waals surface area contributed by atoms with Crippen molar-refractivity contribution in [2.75, 3.05) is 18.4 Å². The number of alkyl halides is 1. The largest absolute Gasteiger partial charge is 0.481 e. The fourth-order valence-electron chi connectivity index (χ4n) is 2.71. The second-order valence-corrected chi connectivity index (χ2v) is 7.36. The average Bonchev–Trinajstić information content (AvgIpc) is 2.78. The fraction of sp³-hybridized carbons (Fsp3) is 0.476. The molecular formula is C21H29FN4O8. The summed E-state index contributed by atoms with van der Waals surface area (Å²) in [7, 11) is 0. The number of halogens is 1. The number of carbonyl (C=O) groups is 5. The van der Waals surface area contributed by atoms with Crippen LogP contribution in [0.4, 0.5) is 14.9 Å². The maximum absolute atomic E-state index is 12.9. The number of hydrogen-bond acceptors (Lipinski definition) is 6. The molecule has 0 aliphatic heterocycles. The first kappa shape index (κ1) is 28.3. The highest BCUT2D eigenvalue weighted by Gasteiger charge is 2.29. The first-order valence-corrected chi connectivity index (χ1v) is 10.6. The molecule has 0 spiro atoms. The SMILES string of the molecule is CC(F)C(=O)Nc1ccc(C(=O)NCCCCCNC(=O)N(O)C(CCC(=O)O)C(=O)O)cc1. The van der Waals surface area contributed by atoms with Gasteiger partial charge in [0.05, 0.1) is 0 Å². The Hall–Kier alpha value is -3.74. The van der Waals surface area contributed by atoms with E-state index >= 15 is 0 Å². The molecule has 13 heteroatoms. The summed E-state index contributed by atoms with van der Waals surface area (Å²) in [6.45, 7) is 1.61. The van der Waals surface area contributed by atoms with Crippen LogP contribution in [-0.2, 0) is 14.4 Å². The molecule has 2 unspecified atom stereocenters. The highest BCUT2D eigenvalue weighted by molar-refractivity contribution is 5.96. The first-order chi connectivity index (χ1) is 16.0. The number of carboxylic acids is 2. The predicted octanol–water partition coefficient (Wildman–Crippen LogP) is 1.60. The minimum Gasteiger partial charge on any atom is -0.481 e. The normalized spacial score (nSPS) is 12.2. The molecule has 2 atom stereocenters. The van der Waals surface area contributed by atoms with Crippen LogP contribution < -0.4 is 16.0 Å². The van der Waals surface area contributed by atoms with Crippen LogP contribution in [0, 0.1) is 0 Å². The lowest BCUT2D eigenvalue weighted by Crippen LogP contribution is -2.48. The Bertz CT molecular complexity index is 863. The van der Waals surface area contributed by atoms with Gasteiger partial charge in [-0.2, -0.15) is 5.06 Å². The van der Waals surface area contributed by atoms with Gasteiger partial charge in [0, 0.05) is 30.8 Å². The van der Waals surface area contributed by atoms with Crippen LogP contribution in [0.25, 0.3) is 0 Å². The van der Waals surface area contributed by atoms with Crippen LogP contribution >= 0.6 is 0 Å². The van der Waals surface area contributed by atoms with Crippen LogP contribution in [-0.4, -0.2) is 75.6 Å². The third kappa shape index (κ3) is 10.3. The molecule has 4 amide bonds. The summed E-state index contributed by atoms with van der Waals surface area (Å²) in [5.74, 6) is -3.88. The Morgan fingerprint density at radius 2 is 1.56 bits per heavy atom. The maximum atomic E-state index is 12.9. The summed E-state index contributed by atoms with van der Waals surface area (Å²) in [6.07, 6.45) is -0.925. The van der Waals surface area contributed by atoms with Crippen molar-refractivity contribution in [1.82, 2.24) is 15.7 Å². The Labute approximate surface area is 195 Å². The number of unbranched alkanes of at least 4 members (excludes halogenated alkanes) is 2. The first-order valence-electron chi connectivity index (χ1n) is 10.6. The van der Waals surface area contributed by atoms with E-state index in [1.54, 1.807) is 0 Å². The molecule has 12 nitrogen and oxygen atoms in total. The van der Waals surface area contributed by atoms with Crippen molar-refractivity contribution in [3.8, 4) is 0 Å². The molecule has 34 heavy (non-hydrogen) atoms. The number of carboxylic acid groups (broad SMARTS) is 2. The Morgan fingerprint density at radius 1 is 0.971 bits per heavy atom. The van der Waals surface area contributed by atoms with Crippen LogP contribution in [0.2, 0.25) is 0 Å². The lowest BCUT2D eigenvalue weighted by Gasteiger charge is -2.22. The van der Waals surface area contributed by atoms with Crippen molar-refractivity contribution in [3.05, 3.63) is 29.8 Å². The van der Waals surface area contributed by atoms with E-state index in [1.807, 2.05) is 0 Å². The number of hydroxylamine groups is 2. The number of nitrogens with zero attached hydrogens (tertiary/aromatic N) is 1. The van der Waals surface area contributed by atoms with E-state index in [0.29, 0.717) is 37.1 Å². The number of nitrogens with one attached hydrogen (secondary N) is 3. The molecule has 1 aromatic rings. The van der Waals surface area contributed by atoms with E-state index in [4.69, 9.17) is 10.2 Å². The molecule has 0 fully saturated rings. The molecule has 188 valence electrons. The molecule has 0 saturated heterocycles. The summed E-state index contributed by atoms with van der Waals surface area (Å²) in [5, 5.41) is 34.8. The predicted molar refractivity (Wildman–Crippen MR) is 117 cm³/mol. The molecule has 0 bridgehead atoms. The molecule has 0 heterocycles. The second-order valence-electron chi connectivity index (χ2n) is 7.36. The summed E-state index contributed by atoms with van der Waals surface area (Å²) < 4.78 is 12.9. The van der Waals surface area contributed by atoms with Crippen molar-refractivity contribution in [1.29, 1.82) is 0 Å². The Kier molecular flexibility index (Phi) is 12.0. The summed E-state index contributed by atoms with van der Waals surface area (Å²) in [5.41, 5.74) is 0.726. The zero-order valence-corrected chi connectivity index (χ0v) is 18.6. The van der Waals surface area contributed by atoms with Crippen molar-refractivity contribution in [2.24, 2.45) is 0 Å². The van der Waals surface area contributed by atoms with Gasteiger partial charge in [-0.05, 0) is 56.9 Å². The third-order valence-electron chi connectivity index (χ3n) is 4.61. The monoisotopic (exact) mass is 484 g/mol. The van der Waals surface area contributed by atoms with Gasteiger partial charge < -0.3 is 26.2 Å². The van der Waals surface area contributed by atoms with Crippen LogP contribution in [0.5, 0.6) is 0 Å². The zero-order valence-electron chi connectivity index (χ0n) is 18.6. The van der Waals surface area contributed by atoms with Crippen molar-refractivity contribution >= 4 is 35.5 Å². The van der Waals surface area contributed by atoms with E-state index in [-0.39, 0.29) is 17.5 Å². The molecule has 6 N–H and O–H groups in total. The lowest BCUT2D eigenvalue weighted by molar-refractivity contribution is -0.158. The number of hydrogen-bond donors (Lipinski definition) is 6. The van der Waals surface area contributed by atoms with Gasteiger partial charge in [-0.1, -0.05) is 0 Å². The molecular weight excluding hydrogens is 455 g/mol. The number of benzene rings is 1. The van der Waals surface area contributed by atoms with Gasteiger partial charge in [0.1, 0.15) is 0 Å². The van der Waals surface area contributed by atoms with Gasteiger partial charge in [0.2, 0.25) is 0 Å². The molecule has 1 rings (SSSR count). The maximum Gasteiger partial charge on any atom is 0.341 e. The molecule has 0 aromatic heterocycles. The van der Waals surface area contributed by atoms with E-state index in [9.17, 15) is 33.6 Å². The molecule has 0 saturated carbocycles. The fourth-order valence-corrected chi connectivity index (χ4v) is 2.71. The molecule has 1 aromatic carbocycles. The van der Waals surface area contributed by atoms with Crippen LogP contribution in [0.1, 0.15) is 49.4 Å². The zero-order chi connectivity index (χ0) is 25.7. The van der Waals surface area contributed by atoms with Gasteiger partial charge in [-0.15, -0.1) is 0 Å². The van der Waals surface area contributed by atoms with E-state index in [2.05, 4.69) is 16.0 Å². The van der Waals surface area contributed by atoms with Crippen LogP contribution in [0.15, 0.2) is 24.3 Å².